The smallest absolute Gasteiger partial charge is 0.353 e. The van der Waals surface area contributed by atoms with Gasteiger partial charge in [-0.25, -0.2) is 14.3 Å². The van der Waals surface area contributed by atoms with Crippen LogP contribution in [0.1, 0.15) is 11.1 Å². The number of nitrogens with zero attached hydrogens (tertiary/aromatic N) is 2. The Morgan fingerprint density at radius 1 is 1.00 bits per heavy atom. The lowest BCUT2D eigenvalue weighted by Crippen LogP contribution is -2.25. The van der Waals surface area contributed by atoms with Crippen LogP contribution in [0.25, 0.3) is 5.69 Å². The fourth-order valence-electron chi connectivity index (χ4n) is 2.35. The SMILES string of the molecule is Nc1c(Cc2ccc(Cl)c(Cl)c2)cnc(=O)n1-c1ccc(Cl)cc1. The van der Waals surface area contributed by atoms with Crippen LogP contribution in [0.2, 0.25) is 15.1 Å². The summed E-state index contributed by atoms with van der Waals surface area (Å²) in [5.74, 6) is 0.323. The van der Waals surface area contributed by atoms with E-state index in [1.54, 1.807) is 36.4 Å². The van der Waals surface area contributed by atoms with Gasteiger partial charge < -0.3 is 5.73 Å². The number of rotatable bonds is 3. The Morgan fingerprint density at radius 2 is 1.71 bits per heavy atom. The van der Waals surface area contributed by atoms with Gasteiger partial charge >= 0.3 is 5.69 Å². The lowest BCUT2D eigenvalue weighted by atomic mass is 10.1. The zero-order chi connectivity index (χ0) is 17.3. The molecule has 0 bridgehead atoms. The molecule has 24 heavy (non-hydrogen) atoms. The average molecular weight is 381 g/mol. The molecule has 1 aromatic heterocycles. The molecule has 2 aromatic carbocycles. The van der Waals surface area contributed by atoms with E-state index in [2.05, 4.69) is 4.98 Å². The first kappa shape index (κ1) is 16.8. The van der Waals surface area contributed by atoms with Crippen molar-refractivity contribution in [3.05, 3.63) is 85.3 Å². The second-order valence-electron chi connectivity index (χ2n) is 5.19. The monoisotopic (exact) mass is 379 g/mol. The van der Waals surface area contributed by atoms with E-state index in [4.69, 9.17) is 40.5 Å². The van der Waals surface area contributed by atoms with Crippen molar-refractivity contribution in [2.45, 2.75) is 6.42 Å². The maximum absolute atomic E-state index is 12.1. The standard InChI is InChI=1S/C17H12Cl3N3O/c18-12-2-4-13(5-3-12)23-16(21)11(9-22-17(23)24)7-10-1-6-14(19)15(20)8-10/h1-6,8-9H,7,21H2. The van der Waals surface area contributed by atoms with Crippen molar-refractivity contribution in [3.8, 4) is 5.69 Å². The van der Waals surface area contributed by atoms with Crippen LogP contribution in [-0.4, -0.2) is 9.55 Å². The van der Waals surface area contributed by atoms with Gasteiger partial charge in [0.2, 0.25) is 0 Å². The average Bonchev–Trinajstić information content (AvgIpc) is 2.55. The molecule has 122 valence electrons. The van der Waals surface area contributed by atoms with Crippen molar-refractivity contribution < 1.29 is 0 Å². The van der Waals surface area contributed by atoms with Crippen molar-refractivity contribution in [1.82, 2.24) is 9.55 Å². The summed E-state index contributed by atoms with van der Waals surface area (Å²) in [6.07, 6.45) is 1.95. The summed E-state index contributed by atoms with van der Waals surface area (Å²) in [5, 5.41) is 1.52. The van der Waals surface area contributed by atoms with Gasteiger partial charge in [-0.05, 0) is 42.0 Å². The molecule has 2 N–H and O–H groups in total. The molecule has 0 aliphatic carbocycles. The summed E-state index contributed by atoms with van der Waals surface area (Å²) >= 11 is 17.9. The Hall–Kier alpha value is -2.01. The van der Waals surface area contributed by atoms with Crippen LogP contribution in [0.5, 0.6) is 0 Å². The summed E-state index contributed by atoms with van der Waals surface area (Å²) < 4.78 is 1.35. The summed E-state index contributed by atoms with van der Waals surface area (Å²) in [6, 6.07) is 12.1. The number of aromatic nitrogens is 2. The molecule has 7 heteroatoms. The highest BCUT2D eigenvalue weighted by Crippen LogP contribution is 2.25. The minimum absolute atomic E-state index is 0.323. The van der Waals surface area contributed by atoms with E-state index in [0.29, 0.717) is 38.6 Å². The Balaban J connectivity index is 2.04. The molecule has 3 aromatic rings. The molecule has 0 atom stereocenters. The Morgan fingerprint density at radius 3 is 2.38 bits per heavy atom. The highest BCUT2D eigenvalue weighted by molar-refractivity contribution is 6.42. The van der Waals surface area contributed by atoms with Gasteiger partial charge in [0, 0.05) is 23.2 Å². The number of benzene rings is 2. The molecule has 0 aliphatic rings. The van der Waals surface area contributed by atoms with Gasteiger partial charge in [0.1, 0.15) is 5.82 Å². The second kappa shape index (κ2) is 6.85. The zero-order valence-electron chi connectivity index (χ0n) is 12.3. The maximum atomic E-state index is 12.1. The number of hydrogen-bond donors (Lipinski definition) is 1. The third-order valence-corrected chi connectivity index (χ3v) is 4.55. The highest BCUT2D eigenvalue weighted by Gasteiger charge is 2.11. The van der Waals surface area contributed by atoms with Gasteiger partial charge in [0.25, 0.3) is 0 Å². The highest BCUT2D eigenvalue weighted by atomic mass is 35.5. The Bertz CT molecular complexity index is 952. The fourth-order valence-corrected chi connectivity index (χ4v) is 2.80. The van der Waals surface area contributed by atoms with Gasteiger partial charge in [-0.2, -0.15) is 0 Å². The van der Waals surface area contributed by atoms with Crippen LogP contribution in [0, 0.1) is 0 Å². The summed E-state index contributed by atoms with van der Waals surface area (Å²) in [7, 11) is 0. The first-order valence-electron chi connectivity index (χ1n) is 7.02. The molecule has 0 radical (unpaired) electrons. The minimum Gasteiger partial charge on any atom is -0.384 e. The molecule has 1 heterocycles. The molecule has 0 aliphatic heterocycles. The number of halogens is 3. The predicted molar refractivity (Wildman–Crippen MR) is 98.5 cm³/mol. The van der Waals surface area contributed by atoms with Crippen molar-refractivity contribution in [1.29, 1.82) is 0 Å². The largest absolute Gasteiger partial charge is 0.384 e. The van der Waals surface area contributed by atoms with Gasteiger partial charge in [-0.3, -0.25) is 0 Å². The second-order valence-corrected chi connectivity index (χ2v) is 6.44. The molecule has 0 saturated heterocycles. The molecule has 0 amide bonds. The number of nitrogen functional groups attached to an aromatic ring is 1. The van der Waals surface area contributed by atoms with Crippen LogP contribution in [0.15, 0.2) is 53.5 Å². The molecule has 0 fully saturated rings. The van der Waals surface area contributed by atoms with Gasteiger partial charge in [-0.1, -0.05) is 40.9 Å². The van der Waals surface area contributed by atoms with Gasteiger partial charge in [-0.15, -0.1) is 0 Å². The molecule has 0 spiro atoms. The van der Waals surface area contributed by atoms with Crippen molar-refractivity contribution in [2.75, 3.05) is 5.73 Å². The molecule has 4 nitrogen and oxygen atoms in total. The molecular weight excluding hydrogens is 369 g/mol. The summed E-state index contributed by atoms with van der Waals surface area (Å²) in [5.41, 5.74) is 7.98. The Kier molecular flexibility index (Phi) is 4.81. The lowest BCUT2D eigenvalue weighted by Gasteiger charge is -2.13. The quantitative estimate of drug-likeness (QED) is 0.734. The third-order valence-electron chi connectivity index (χ3n) is 3.56. The summed E-state index contributed by atoms with van der Waals surface area (Å²) in [6.45, 7) is 0. The molecular formula is C17H12Cl3N3O. The van der Waals surface area contributed by atoms with Gasteiger partial charge in [0.05, 0.1) is 15.7 Å². The zero-order valence-corrected chi connectivity index (χ0v) is 14.6. The fraction of sp³-hybridized carbons (Fsp3) is 0.0588. The Labute approximate surface area is 153 Å². The normalized spacial score (nSPS) is 10.8. The predicted octanol–water partition coefficient (Wildman–Crippen LogP) is 4.37. The lowest BCUT2D eigenvalue weighted by molar-refractivity contribution is 0.902. The number of hydrogen-bond acceptors (Lipinski definition) is 3. The van der Waals surface area contributed by atoms with E-state index >= 15 is 0 Å². The van der Waals surface area contributed by atoms with E-state index in [9.17, 15) is 4.79 Å². The van der Waals surface area contributed by atoms with E-state index in [1.807, 2.05) is 6.07 Å². The topological polar surface area (TPSA) is 60.9 Å². The number of nitrogens with two attached hydrogens (primary N) is 1. The molecule has 3 rings (SSSR count). The van der Waals surface area contributed by atoms with Crippen molar-refractivity contribution >= 4 is 40.6 Å². The van der Waals surface area contributed by atoms with Gasteiger partial charge in [0.15, 0.2) is 0 Å². The van der Waals surface area contributed by atoms with Crippen LogP contribution in [0.3, 0.4) is 0 Å². The number of anilines is 1. The van der Waals surface area contributed by atoms with Crippen LogP contribution in [0.4, 0.5) is 5.82 Å². The van der Waals surface area contributed by atoms with Crippen LogP contribution >= 0.6 is 34.8 Å². The van der Waals surface area contributed by atoms with Crippen LogP contribution in [-0.2, 0) is 6.42 Å². The van der Waals surface area contributed by atoms with E-state index < -0.39 is 5.69 Å². The van der Waals surface area contributed by atoms with Crippen molar-refractivity contribution in [2.24, 2.45) is 0 Å². The summed E-state index contributed by atoms with van der Waals surface area (Å²) in [4.78, 5) is 16.0. The van der Waals surface area contributed by atoms with Crippen molar-refractivity contribution in [3.63, 3.8) is 0 Å². The molecule has 0 unspecified atom stereocenters. The first-order valence-corrected chi connectivity index (χ1v) is 8.15. The van der Waals surface area contributed by atoms with Crippen LogP contribution < -0.4 is 11.4 Å². The van der Waals surface area contributed by atoms with E-state index in [1.165, 1.54) is 10.8 Å². The third kappa shape index (κ3) is 3.41. The molecule has 0 saturated carbocycles. The maximum Gasteiger partial charge on any atom is 0.353 e. The first-order chi connectivity index (χ1) is 11.5. The van der Waals surface area contributed by atoms with E-state index in [-0.39, 0.29) is 0 Å². The van der Waals surface area contributed by atoms with E-state index in [0.717, 1.165) is 5.56 Å². The minimum atomic E-state index is -0.451.